The van der Waals surface area contributed by atoms with Gasteiger partial charge in [-0.25, -0.2) is 0 Å². The second-order valence-electron chi connectivity index (χ2n) is 8.03. The van der Waals surface area contributed by atoms with E-state index in [1.807, 2.05) is 0 Å². The van der Waals surface area contributed by atoms with Crippen molar-refractivity contribution >= 4 is 11.7 Å². The van der Waals surface area contributed by atoms with E-state index in [9.17, 15) is 18.0 Å². The first-order valence-electron chi connectivity index (χ1n) is 9.77. The Balaban J connectivity index is 2.03. The molecule has 158 valence electrons. The molecule has 2 rings (SSSR count). The van der Waals surface area contributed by atoms with Crippen molar-refractivity contribution in [3.8, 4) is 5.75 Å². The second kappa shape index (κ2) is 9.52. The lowest BCUT2D eigenvalue weighted by molar-refractivity contribution is -0.169. The molecule has 1 N–H and O–H groups in total. The number of alkyl halides is 3. The third-order valence-corrected chi connectivity index (χ3v) is 5.44. The minimum Gasteiger partial charge on any atom is -0.497 e. The summed E-state index contributed by atoms with van der Waals surface area (Å²) in [7, 11) is 1.48. The molecule has 4 atom stereocenters. The lowest BCUT2D eigenvalue weighted by atomic mass is 9.75. The number of carbonyl (C=O) groups is 1. The van der Waals surface area contributed by atoms with E-state index in [2.05, 4.69) is 26.1 Å². The largest absolute Gasteiger partial charge is 0.497 e. The van der Waals surface area contributed by atoms with Crippen molar-refractivity contribution in [3.05, 3.63) is 24.3 Å². The minimum absolute atomic E-state index is 0.194. The molecule has 1 saturated carbocycles. The maximum absolute atomic E-state index is 13.5. The average molecular weight is 401 g/mol. The van der Waals surface area contributed by atoms with Crippen LogP contribution in [0.3, 0.4) is 0 Å². The van der Waals surface area contributed by atoms with Crippen LogP contribution >= 0.6 is 0 Å². The molecule has 1 aromatic rings. The van der Waals surface area contributed by atoms with Crippen LogP contribution in [0.2, 0.25) is 0 Å². The van der Waals surface area contributed by atoms with Crippen molar-refractivity contribution in [1.29, 1.82) is 0 Å². The minimum atomic E-state index is -4.57. The average Bonchev–Trinajstić information content (AvgIpc) is 2.60. The molecule has 4 nitrogen and oxygen atoms in total. The zero-order chi connectivity index (χ0) is 20.9. The second-order valence-corrected chi connectivity index (χ2v) is 8.03. The van der Waals surface area contributed by atoms with E-state index in [0.717, 1.165) is 12.8 Å². The fraction of sp³-hybridized carbons (Fsp3) is 0.667. The summed E-state index contributed by atoms with van der Waals surface area (Å²) in [5.74, 6) is 0.650. The number of rotatable bonds is 7. The van der Waals surface area contributed by atoms with Gasteiger partial charge in [-0.15, -0.1) is 0 Å². The van der Waals surface area contributed by atoms with E-state index in [1.165, 1.54) is 19.2 Å². The number of hydrogen-bond donors (Lipinski definition) is 1. The maximum atomic E-state index is 13.5. The molecule has 0 saturated heterocycles. The number of benzene rings is 1. The summed E-state index contributed by atoms with van der Waals surface area (Å²) in [5.41, 5.74) is 0.266. The van der Waals surface area contributed by atoms with Crippen LogP contribution in [-0.2, 0) is 9.53 Å². The lowest BCUT2D eigenvalue weighted by Crippen LogP contribution is -2.41. The van der Waals surface area contributed by atoms with Crippen LogP contribution in [0.4, 0.5) is 18.9 Å². The molecule has 0 aromatic heterocycles. The van der Waals surface area contributed by atoms with E-state index in [-0.39, 0.29) is 17.7 Å². The normalized spacial score (nSPS) is 23.9. The van der Waals surface area contributed by atoms with E-state index in [1.54, 1.807) is 12.1 Å². The summed E-state index contributed by atoms with van der Waals surface area (Å²) >= 11 is 0. The Bertz CT molecular complexity index is 631. The van der Waals surface area contributed by atoms with Crippen molar-refractivity contribution in [2.24, 2.45) is 17.8 Å². The van der Waals surface area contributed by atoms with Gasteiger partial charge in [0.2, 0.25) is 0 Å². The van der Waals surface area contributed by atoms with Crippen LogP contribution in [0.25, 0.3) is 0 Å². The van der Waals surface area contributed by atoms with Gasteiger partial charge in [-0.3, -0.25) is 4.79 Å². The van der Waals surface area contributed by atoms with Crippen molar-refractivity contribution in [2.45, 2.75) is 64.8 Å². The monoisotopic (exact) mass is 401 g/mol. The first kappa shape index (κ1) is 22.4. The number of carbonyl (C=O) groups excluding carboxylic acids is 1. The van der Waals surface area contributed by atoms with Crippen LogP contribution in [0.15, 0.2) is 24.3 Å². The van der Waals surface area contributed by atoms with Crippen LogP contribution < -0.4 is 10.1 Å². The molecule has 28 heavy (non-hydrogen) atoms. The van der Waals surface area contributed by atoms with Gasteiger partial charge >= 0.3 is 12.1 Å². The summed E-state index contributed by atoms with van der Waals surface area (Å²) in [6, 6.07) is 4.09. The molecule has 1 aliphatic rings. The first-order chi connectivity index (χ1) is 13.1. The number of methoxy groups -OCH3 is 1. The van der Waals surface area contributed by atoms with Crippen LogP contribution in [0, 0.1) is 17.8 Å². The fourth-order valence-electron chi connectivity index (χ4n) is 3.77. The Morgan fingerprint density at radius 2 is 1.86 bits per heavy atom. The molecular formula is C21H30F3NO3. The summed E-state index contributed by atoms with van der Waals surface area (Å²) in [6.45, 7) is 6.21. The highest BCUT2D eigenvalue weighted by Crippen LogP contribution is 2.36. The Kier molecular flexibility index (Phi) is 7.61. The number of halogens is 3. The Morgan fingerprint density at radius 3 is 2.39 bits per heavy atom. The predicted molar refractivity (Wildman–Crippen MR) is 102 cm³/mol. The summed E-state index contributed by atoms with van der Waals surface area (Å²) < 4.78 is 50.9. The van der Waals surface area contributed by atoms with Gasteiger partial charge < -0.3 is 14.8 Å². The molecule has 1 aliphatic carbocycles. The number of hydrogen-bond acceptors (Lipinski definition) is 4. The summed E-state index contributed by atoms with van der Waals surface area (Å²) in [5, 5.41) is 2.40. The number of ether oxygens (including phenoxy) is 2. The molecule has 0 bridgehead atoms. The van der Waals surface area contributed by atoms with Crippen molar-refractivity contribution < 1.29 is 27.4 Å². The Morgan fingerprint density at radius 1 is 1.21 bits per heavy atom. The van der Waals surface area contributed by atoms with E-state index in [4.69, 9.17) is 9.47 Å². The fourth-order valence-corrected chi connectivity index (χ4v) is 3.77. The highest BCUT2D eigenvalue weighted by Gasteiger charge is 2.42. The predicted octanol–water partition coefficient (Wildman–Crippen LogP) is 5.43. The van der Waals surface area contributed by atoms with E-state index >= 15 is 0 Å². The quantitative estimate of drug-likeness (QED) is 0.619. The molecule has 0 unspecified atom stereocenters. The lowest BCUT2D eigenvalue weighted by Gasteiger charge is -2.37. The van der Waals surface area contributed by atoms with Gasteiger partial charge in [-0.1, -0.05) is 27.2 Å². The van der Waals surface area contributed by atoms with E-state index in [0.29, 0.717) is 24.0 Å². The van der Waals surface area contributed by atoms with Gasteiger partial charge in [0.05, 0.1) is 13.5 Å². The molecule has 0 amide bonds. The van der Waals surface area contributed by atoms with Gasteiger partial charge in [0.15, 0.2) is 0 Å². The topological polar surface area (TPSA) is 47.6 Å². The third kappa shape index (κ3) is 6.31. The first-order valence-corrected chi connectivity index (χ1v) is 9.77. The van der Waals surface area contributed by atoms with Crippen molar-refractivity contribution in [2.75, 3.05) is 12.4 Å². The number of esters is 1. The van der Waals surface area contributed by atoms with Gasteiger partial charge in [0.25, 0.3) is 0 Å². The zero-order valence-corrected chi connectivity index (χ0v) is 16.9. The molecule has 1 aromatic carbocycles. The maximum Gasteiger partial charge on any atom is 0.409 e. The van der Waals surface area contributed by atoms with Crippen molar-refractivity contribution in [3.63, 3.8) is 0 Å². The number of nitrogens with one attached hydrogen (secondary N) is 1. The van der Waals surface area contributed by atoms with Gasteiger partial charge in [-0.2, -0.15) is 13.2 Å². The Hall–Kier alpha value is -1.92. The summed E-state index contributed by atoms with van der Waals surface area (Å²) in [6.07, 6.45) is -2.95. The molecule has 0 spiro atoms. The van der Waals surface area contributed by atoms with Gasteiger partial charge in [0, 0.05) is 5.69 Å². The molecule has 0 aliphatic heterocycles. The molecule has 7 heteroatoms. The molecule has 0 radical (unpaired) electrons. The van der Waals surface area contributed by atoms with E-state index < -0.39 is 24.6 Å². The van der Waals surface area contributed by atoms with Crippen LogP contribution in [-0.4, -0.2) is 31.4 Å². The standard InChI is InChI=1S/C21H30F3NO3/c1-13(2)17-10-5-14(3)11-18(17)28-20(26)12-19(21(22,23)24)25-15-6-8-16(27-4)9-7-15/h6-9,13-14,17-19,25H,5,10-12H2,1-4H3/t14-,17+,18-,19+/m1/s1. The highest BCUT2D eigenvalue weighted by molar-refractivity contribution is 5.71. The molecule has 1 fully saturated rings. The zero-order valence-electron chi connectivity index (χ0n) is 16.9. The van der Waals surface area contributed by atoms with Crippen molar-refractivity contribution in [1.82, 2.24) is 0 Å². The molecule has 0 heterocycles. The Labute approximate surface area is 164 Å². The number of anilines is 1. The van der Waals surface area contributed by atoms with Crippen LogP contribution in [0.1, 0.15) is 46.5 Å². The van der Waals surface area contributed by atoms with Crippen LogP contribution in [0.5, 0.6) is 5.75 Å². The van der Waals surface area contributed by atoms with Gasteiger partial charge in [0.1, 0.15) is 17.9 Å². The summed E-state index contributed by atoms with van der Waals surface area (Å²) in [4.78, 5) is 12.4. The highest BCUT2D eigenvalue weighted by atomic mass is 19.4. The smallest absolute Gasteiger partial charge is 0.409 e. The third-order valence-electron chi connectivity index (χ3n) is 5.44. The SMILES string of the molecule is COc1ccc(N[C@@H](CC(=O)O[C@@H]2C[C@H](C)CC[C@H]2C(C)C)C(F)(F)F)cc1. The molecular weight excluding hydrogens is 371 g/mol. The van der Waals surface area contributed by atoms with Gasteiger partial charge in [-0.05, 0) is 54.9 Å².